The van der Waals surface area contributed by atoms with Crippen LogP contribution in [0.3, 0.4) is 0 Å². The monoisotopic (exact) mass is 225 g/mol. The molecule has 4 heteroatoms. The van der Waals surface area contributed by atoms with Gasteiger partial charge in [0.15, 0.2) is 0 Å². The quantitative estimate of drug-likeness (QED) is 0.683. The van der Waals surface area contributed by atoms with Crippen LogP contribution in [0, 0.1) is 5.92 Å². The van der Waals surface area contributed by atoms with Crippen molar-refractivity contribution in [3.05, 3.63) is 18.0 Å². The van der Waals surface area contributed by atoms with Crippen LogP contribution in [0.4, 0.5) is 0 Å². The van der Waals surface area contributed by atoms with Gasteiger partial charge in [0.2, 0.25) is 0 Å². The second-order valence-corrected chi connectivity index (χ2v) is 4.45. The number of nitrogens with zero attached hydrogens (tertiary/aromatic N) is 2. The van der Waals surface area contributed by atoms with Crippen molar-refractivity contribution in [2.75, 3.05) is 19.8 Å². The summed E-state index contributed by atoms with van der Waals surface area (Å²) in [4.78, 5) is 0. The Kier molecular flexibility index (Phi) is 6.11. The summed E-state index contributed by atoms with van der Waals surface area (Å²) in [5, 5.41) is 7.58. The molecule has 0 aliphatic carbocycles. The van der Waals surface area contributed by atoms with Crippen molar-refractivity contribution >= 4 is 0 Å². The van der Waals surface area contributed by atoms with Crippen LogP contribution < -0.4 is 5.32 Å². The average Bonchev–Trinajstić information content (AvgIpc) is 2.62. The third kappa shape index (κ3) is 5.88. The van der Waals surface area contributed by atoms with Gasteiger partial charge in [-0.05, 0) is 18.4 Å². The maximum absolute atomic E-state index is 5.50. The maximum Gasteiger partial charge on any atom is 0.0762 e. The van der Waals surface area contributed by atoms with Crippen molar-refractivity contribution in [2.24, 2.45) is 13.0 Å². The molecule has 1 rings (SSSR count). The summed E-state index contributed by atoms with van der Waals surface area (Å²) in [5.74, 6) is 0.724. The van der Waals surface area contributed by atoms with Gasteiger partial charge in [-0.1, -0.05) is 13.8 Å². The van der Waals surface area contributed by atoms with Gasteiger partial charge in [-0.15, -0.1) is 0 Å². The molecular weight excluding hydrogens is 202 g/mol. The van der Waals surface area contributed by atoms with E-state index in [0.29, 0.717) is 0 Å². The van der Waals surface area contributed by atoms with Crippen molar-refractivity contribution in [1.29, 1.82) is 0 Å². The molecule has 0 aliphatic heterocycles. The number of aromatic nitrogens is 2. The molecular formula is C12H23N3O. The molecule has 0 unspecified atom stereocenters. The number of ether oxygens (including phenoxy) is 1. The van der Waals surface area contributed by atoms with Gasteiger partial charge in [-0.2, -0.15) is 5.10 Å². The first-order valence-corrected chi connectivity index (χ1v) is 5.95. The number of rotatable bonds is 8. The lowest BCUT2D eigenvalue weighted by Gasteiger charge is -2.06. The van der Waals surface area contributed by atoms with Crippen molar-refractivity contribution in [3.8, 4) is 0 Å². The lowest BCUT2D eigenvalue weighted by molar-refractivity contribution is 0.125. The number of aryl methyl sites for hydroxylation is 1. The SMILES string of the molecule is CC(C)CCOCCNCc1ccn(C)n1. The predicted octanol–water partition coefficient (Wildman–Crippen LogP) is 1.57. The molecule has 0 fully saturated rings. The third-order valence-corrected chi connectivity index (χ3v) is 2.34. The zero-order chi connectivity index (χ0) is 11.8. The molecule has 16 heavy (non-hydrogen) atoms. The highest BCUT2D eigenvalue weighted by molar-refractivity contribution is 4.97. The van der Waals surface area contributed by atoms with E-state index in [1.165, 1.54) is 0 Å². The summed E-state index contributed by atoms with van der Waals surface area (Å²) < 4.78 is 7.32. The Bertz CT molecular complexity index is 284. The molecule has 0 saturated carbocycles. The zero-order valence-electron chi connectivity index (χ0n) is 10.6. The smallest absolute Gasteiger partial charge is 0.0762 e. The first-order valence-electron chi connectivity index (χ1n) is 5.95. The molecule has 0 atom stereocenters. The van der Waals surface area contributed by atoms with Crippen LogP contribution in [0.25, 0.3) is 0 Å². The van der Waals surface area contributed by atoms with Crippen molar-refractivity contribution in [3.63, 3.8) is 0 Å². The van der Waals surface area contributed by atoms with Crippen molar-refractivity contribution in [1.82, 2.24) is 15.1 Å². The fourth-order valence-electron chi connectivity index (χ4n) is 1.34. The summed E-state index contributed by atoms with van der Waals surface area (Å²) in [6.07, 6.45) is 3.09. The summed E-state index contributed by atoms with van der Waals surface area (Å²) in [6.45, 7) is 7.76. The molecule has 0 bridgehead atoms. The first kappa shape index (κ1) is 13.2. The number of nitrogens with one attached hydrogen (secondary N) is 1. The van der Waals surface area contributed by atoms with Crippen LogP contribution in [0.15, 0.2) is 12.3 Å². The van der Waals surface area contributed by atoms with Crippen LogP contribution >= 0.6 is 0 Å². The van der Waals surface area contributed by atoms with E-state index in [-0.39, 0.29) is 0 Å². The molecule has 0 aromatic carbocycles. The highest BCUT2D eigenvalue weighted by Crippen LogP contribution is 1.98. The van der Waals surface area contributed by atoms with E-state index in [1.54, 1.807) is 0 Å². The second-order valence-electron chi connectivity index (χ2n) is 4.45. The Morgan fingerprint density at radius 3 is 2.88 bits per heavy atom. The Hall–Kier alpha value is -0.870. The molecule has 1 N–H and O–H groups in total. The summed E-state index contributed by atoms with van der Waals surface area (Å²) in [6, 6.07) is 2.02. The van der Waals surface area contributed by atoms with Gasteiger partial charge in [0, 0.05) is 32.9 Å². The van der Waals surface area contributed by atoms with Crippen LogP contribution in [-0.4, -0.2) is 29.5 Å². The number of hydrogen-bond acceptors (Lipinski definition) is 3. The van der Waals surface area contributed by atoms with Crippen molar-refractivity contribution in [2.45, 2.75) is 26.8 Å². The van der Waals surface area contributed by atoms with Gasteiger partial charge in [0.1, 0.15) is 0 Å². The van der Waals surface area contributed by atoms with Gasteiger partial charge in [-0.25, -0.2) is 0 Å². The van der Waals surface area contributed by atoms with E-state index < -0.39 is 0 Å². The van der Waals surface area contributed by atoms with Gasteiger partial charge in [0.05, 0.1) is 12.3 Å². The fraction of sp³-hybridized carbons (Fsp3) is 0.750. The Morgan fingerprint density at radius 2 is 2.25 bits per heavy atom. The lowest BCUT2D eigenvalue weighted by Crippen LogP contribution is -2.20. The summed E-state index contributed by atoms with van der Waals surface area (Å²) in [5.41, 5.74) is 1.07. The van der Waals surface area contributed by atoms with Gasteiger partial charge in [-0.3, -0.25) is 4.68 Å². The molecule has 4 nitrogen and oxygen atoms in total. The van der Waals surface area contributed by atoms with E-state index in [1.807, 2.05) is 24.0 Å². The fourth-order valence-corrected chi connectivity index (χ4v) is 1.34. The normalized spacial score (nSPS) is 11.2. The second kappa shape index (κ2) is 7.41. The van der Waals surface area contributed by atoms with E-state index >= 15 is 0 Å². The molecule has 0 saturated heterocycles. The van der Waals surface area contributed by atoms with Gasteiger partial charge in [0.25, 0.3) is 0 Å². The maximum atomic E-state index is 5.50. The highest BCUT2D eigenvalue weighted by Gasteiger charge is 1.96. The molecule has 1 aromatic heterocycles. The largest absolute Gasteiger partial charge is 0.380 e. The Morgan fingerprint density at radius 1 is 1.44 bits per heavy atom. The summed E-state index contributed by atoms with van der Waals surface area (Å²) >= 11 is 0. The lowest BCUT2D eigenvalue weighted by atomic mass is 10.1. The standard InChI is InChI=1S/C12H23N3O/c1-11(2)5-8-16-9-6-13-10-12-4-7-15(3)14-12/h4,7,11,13H,5-6,8-10H2,1-3H3. The predicted molar refractivity (Wildman–Crippen MR) is 65.2 cm³/mol. The summed E-state index contributed by atoms with van der Waals surface area (Å²) in [7, 11) is 1.93. The molecule has 1 aromatic rings. The van der Waals surface area contributed by atoms with Crippen LogP contribution in [0.2, 0.25) is 0 Å². The van der Waals surface area contributed by atoms with E-state index in [9.17, 15) is 0 Å². The molecule has 0 radical (unpaired) electrons. The zero-order valence-corrected chi connectivity index (χ0v) is 10.6. The van der Waals surface area contributed by atoms with Crippen LogP contribution in [-0.2, 0) is 18.3 Å². The van der Waals surface area contributed by atoms with E-state index in [4.69, 9.17) is 4.74 Å². The molecule has 92 valence electrons. The minimum Gasteiger partial charge on any atom is -0.380 e. The molecule has 0 aliphatic rings. The van der Waals surface area contributed by atoms with Crippen LogP contribution in [0.1, 0.15) is 26.0 Å². The average molecular weight is 225 g/mol. The number of hydrogen-bond donors (Lipinski definition) is 1. The third-order valence-electron chi connectivity index (χ3n) is 2.34. The van der Waals surface area contributed by atoms with Crippen LogP contribution in [0.5, 0.6) is 0 Å². The molecule has 0 amide bonds. The first-order chi connectivity index (χ1) is 7.68. The van der Waals surface area contributed by atoms with Crippen molar-refractivity contribution < 1.29 is 4.74 Å². The van der Waals surface area contributed by atoms with E-state index in [2.05, 4.69) is 24.3 Å². The Labute approximate surface area is 98.0 Å². The Balaban J connectivity index is 1.92. The van der Waals surface area contributed by atoms with Gasteiger partial charge < -0.3 is 10.1 Å². The highest BCUT2D eigenvalue weighted by atomic mass is 16.5. The molecule has 0 spiro atoms. The topological polar surface area (TPSA) is 39.1 Å². The molecule has 1 heterocycles. The minimum atomic E-state index is 0.724. The van der Waals surface area contributed by atoms with Gasteiger partial charge >= 0.3 is 0 Å². The van der Waals surface area contributed by atoms with E-state index in [0.717, 1.165) is 44.3 Å². The minimum absolute atomic E-state index is 0.724.